The first-order chi connectivity index (χ1) is 8.95. The fourth-order valence-electron chi connectivity index (χ4n) is 1.61. The van der Waals surface area contributed by atoms with Gasteiger partial charge in [0, 0.05) is 18.2 Å². The second-order valence-corrected chi connectivity index (χ2v) is 4.10. The van der Waals surface area contributed by atoms with Gasteiger partial charge >= 0.3 is 0 Å². The van der Waals surface area contributed by atoms with Crippen molar-refractivity contribution in [3.8, 4) is 0 Å². The molecule has 7 heteroatoms. The van der Waals surface area contributed by atoms with Crippen molar-refractivity contribution in [1.29, 1.82) is 0 Å². The van der Waals surface area contributed by atoms with Gasteiger partial charge in [-0.15, -0.1) is 0 Å². The molecule has 0 saturated heterocycles. The number of nitrogens with two attached hydrogens (primary N) is 1. The van der Waals surface area contributed by atoms with Crippen LogP contribution in [0, 0.1) is 24.0 Å². The lowest BCUT2D eigenvalue weighted by Gasteiger charge is -2.09. The number of amides is 1. The average Bonchev–Trinajstić information content (AvgIpc) is 2.32. The molecule has 0 aromatic heterocycles. The molecule has 0 atom stereocenters. The van der Waals surface area contributed by atoms with E-state index in [4.69, 9.17) is 10.5 Å². The van der Waals surface area contributed by atoms with Crippen LogP contribution in [-0.2, 0) is 9.53 Å². The Hall–Kier alpha value is -1.99. The first-order valence-corrected chi connectivity index (χ1v) is 5.79. The lowest BCUT2D eigenvalue weighted by Crippen LogP contribution is -2.21. The highest BCUT2D eigenvalue weighted by Crippen LogP contribution is 2.26. The summed E-state index contributed by atoms with van der Waals surface area (Å²) in [7, 11) is 0. The van der Waals surface area contributed by atoms with Crippen LogP contribution in [-0.4, -0.2) is 30.6 Å². The predicted molar refractivity (Wildman–Crippen MR) is 71.1 cm³/mol. The van der Waals surface area contributed by atoms with E-state index in [1.165, 1.54) is 6.07 Å². The van der Waals surface area contributed by atoms with Crippen molar-refractivity contribution in [2.24, 2.45) is 5.73 Å². The maximum Gasteiger partial charge on any atom is 0.274 e. The number of nitrogens with zero attached hydrogens (tertiary/aromatic N) is 1. The summed E-state index contributed by atoms with van der Waals surface area (Å²) in [5.41, 5.74) is 6.94. The van der Waals surface area contributed by atoms with Gasteiger partial charge in [-0.2, -0.15) is 0 Å². The molecule has 0 aliphatic rings. The number of nitrogens with one attached hydrogen (secondary N) is 1. The van der Waals surface area contributed by atoms with Crippen molar-refractivity contribution in [3.05, 3.63) is 33.4 Å². The normalized spacial score (nSPS) is 10.3. The van der Waals surface area contributed by atoms with E-state index in [1.807, 2.05) is 0 Å². The Kier molecular flexibility index (Phi) is 5.40. The number of rotatable bonds is 6. The Morgan fingerprint density at radius 1 is 1.42 bits per heavy atom. The average molecular weight is 267 g/mol. The summed E-state index contributed by atoms with van der Waals surface area (Å²) in [5, 5.41) is 13.4. The van der Waals surface area contributed by atoms with E-state index < -0.39 is 4.92 Å². The summed E-state index contributed by atoms with van der Waals surface area (Å²) >= 11 is 0. The minimum Gasteiger partial charge on any atom is -0.370 e. The number of anilines is 1. The second-order valence-electron chi connectivity index (χ2n) is 4.10. The first-order valence-electron chi connectivity index (χ1n) is 5.79. The molecule has 1 rings (SSSR count). The Morgan fingerprint density at radius 2 is 2.11 bits per heavy atom. The topological polar surface area (TPSA) is 107 Å². The zero-order chi connectivity index (χ0) is 14.4. The first kappa shape index (κ1) is 15.1. The summed E-state index contributed by atoms with van der Waals surface area (Å²) < 4.78 is 4.99. The van der Waals surface area contributed by atoms with Gasteiger partial charge in [-0.1, -0.05) is 0 Å². The van der Waals surface area contributed by atoms with Gasteiger partial charge in [-0.25, -0.2) is 0 Å². The highest BCUT2D eigenvalue weighted by Gasteiger charge is 2.14. The Bertz CT molecular complexity index is 488. The van der Waals surface area contributed by atoms with Gasteiger partial charge in [0.15, 0.2) is 0 Å². The summed E-state index contributed by atoms with van der Waals surface area (Å²) in [6.07, 6.45) is 0. The summed E-state index contributed by atoms with van der Waals surface area (Å²) in [6, 6.07) is 3.01. The quantitative estimate of drug-likeness (QED) is 0.456. The monoisotopic (exact) mass is 267 g/mol. The van der Waals surface area contributed by atoms with Crippen LogP contribution >= 0.6 is 0 Å². The third-order valence-corrected chi connectivity index (χ3v) is 2.51. The van der Waals surface area contributed by atoms with Crippen molar-refractivity contribution in [2.75, 3.05) is 25.1 Å². The number of nitro groups is 1. The van der Waals surface area contributed by atoms with E-state index >= 15 is 0 Å². The Balaban J connectivity index is 2.80. The summed E-state index contributed by atoms with van der Waals surface area (Å²) in [6.45, 7) is 3.93. The lowest BCUT2D eigenvalue weighted by molar-refractivity contribution is -0.385. The van der Waals surface area contributed by atoms with Crippen LogP contribution in [0.4, 0.5) is 11.4 Å². The van der Waals surface area contributed by atoms with Crippen molar-refractivity contribution < 1.29 is 14.5 Å². The fourth-order valence-corrected chi connectivity index (χ4v) is 1.61. The molecule has 1 amide bonds. The smallest absolute Gasteiger partial charge is 0.274 e. The van der Waals surface area contributed by atoms with Gasteiger partial charge in [-0.3, -0.25) is 14.9 Å². The zero-order valence-electron chi connectivity index (χ0n) is 10.9. The van der Waals surface area contributed by atoms with Crippen LogP contribution in [0.5, 0.6) is 0 Å². The molecular weight excluding hydrogens is 250 g/mol. The van der Waals surface area contributed by atoms with Crippen LogP contribution in [0.3, 0.4) is 0 Å². The molecule has 0 fully saturated rings. The van der Waals surface area contributed by atoms with E-state index in [1.54, 1.807) is 19.9 Å². The van der Waals surface area contributed by atoms with Crippen molar-refractivity contribution in [1.82, 2.24) is 0 Å². The lowest BCUT2D eigenvalue weighted by atomic mass is 10.1. The van der Waals surface area contributed by atoms with E-state index in [0.29, 0.717) is 24.4 Å². The highest BCUT2D eigenvalue weighted by atomic mass is 16.6. The number of hydrogen-bond acceptors (Lipinski definition) is 5. The van der Waals surface area contributed by atoms with E-state index in [0.717, 1.165) is 5.56 Å². The standard InChI is InChI=1S/C12H17N3O4/c1-8-5-9(2)11(15(17)18)6-10(8)14-12(16)7-19-4-3-13/h5-6H,3-4,7,13H2,1-2H3,(H,14,16). The molecule has 0 aliphatic heterocycles. The minimum atomic E-state index is -0.477. The molecule has 1 aromatic carbocycles. The second kappa shape index (κ2) is 6.81. The maximum absolute atomic E-state index is 11.6. The van der Waals surface area contributed by atoms with Crippen LogP contribution < -0.4 is 11.1 Å². The highest BCUT2D eigenvalue weighted by molar-refractivity contribution is 5.92. The van der Waals surface area contributed by atoms with Gasteiger partial charge < -0.3 is 15.8 Å². The number of carbonyl (C=O) groups excluding carboxylic acids is 1. The van der Waals surface area contributed by atoms with E-state index in [-0.39, 0.29) is 18.2 Å². The number of benzene rings is 1. The summed E-state index contributed by atoms with van der Waals surface area (Å²) in [4.78, 5) is 21.9. The molecule has 0 bridgehead atoms. The van der Waals surface area contributed by atoms with Crippen LogP contribution in [0.1, 0.15) is 11.1 Å². The number of ether oxygens (including phenoxy) is 1. The summed E-state index contributed by atoms with van der Waals surface area (Å²) in [5.74, 6) is -0.366. The largest absolute Gasteiger partial charge is 0.370 e. The Morgan fingerprint density at radius 3 is 2.68 bits per heavy atom. The molecule has 0 heterocycles. The third kappa shape index (κ3) is 4.31. The molecule has 104 valence electrons. The van der Waals surface area contributed by atoms with E-state index in [2.05, 4.69) is 5.32 Å². The van der Waals surface area contributed by atoms with E-state index in [9.17, 15) is 14.9 Å². The van der Waals surface area contributed by atoms with Crippen molar-refractivity contribution >= 4 is 17.3 Å². The molecule has 3 N–H and O–H groups in total. The van der Waals surface area contributed by atoms with Gasteiger partial charge in [0.05, 0.1) is 17.2 Å². The molecule has 0 spiro atoms. The fraction of sp³-hybridized carbons (Fsp3) is 0.417. The molecule has 7 nitrogen and oxygen atoms in total. The minimum absolute atomic E-state index is 0.0243. The Labute approximate surface area is 110 Å². The molecule has 0 radical (unpaired) electrons. The van der Waals surface area contributed by atoms with Crippen LogP contribution in [0.15, 0.2) is 12.1 Å². The number of nitro benzene ring substituents is 1. The molecule has 0 unspecified atom stereocenters. The van der Waals surface area contributed by atoms with Gasteiger partial charge in [0.2, 0.25) is 5.91 Å². The van der Waals surface area contributed by atoms with Gasteiger partial charge in [-0.05, 0) is 25.5 Å². The van der Waals surface area contributed by atoms with Crippen LogP contribution in [0.2, 0.25) is 0 Å². The van der Waals surface area contributed by atoms with Crippen LogP contribution in [0.25, 0.3) is 0 Å². The third-order valence-electron chi connectivity index (χ3n) is 2.51. The molecule has 19 heavy (non-hydrogen) atoms. The van der Waals surface area contributed by atoms with Crippen molar-refractivity contribution in [3.63, 3.8) is 0 Å². The van der Waals surface area contributed by atoms with Gasteiger partial charge in [0.25, 0.3) is 5.69 Å². The molecular formula is C12H17N3O4. The maximum atomic E-state index is 11.6. The van der Waals surface area contributed by atoms with Crippen molar-refractivity contribution in [2.45, 2.75) is 13.8 Å². The molecule has 1 aromatic rings. The predicted octanol–water partition coefficient (Wildman–Crippen LogP) is 1.13. The number of hydrogen-bond donors (Lipinski definition) is 2. The van der Waals surface area contributed by atoms with Gasteiger partial charge in [0.1, 0.15) is 6.61 Å². The SMILES string of the molecule is Cc1cc(C)c([N+](=O)[O-])cc1NC(=O)COCCN. The number of aryl methyl sites for hydroxylation is 2. The number of carbonyl (C=O) groups is 1. The zero-order valence-corrected chi connectivity index (χ0v) is 10.9. The molecule has 0 saturated carbocycles. The molecule has 0 aliphatic carbocycles.